The zero-order valence-corrected chi connectivity index (χ0v) is 20.1. The lowest BCUT2D eigenvalue weighted by Gasteiger charge is -2.21. The van der Waals surface area contributed by atoms with Gasteiger partial charge in [0.25, 0.3) is 5.91 Å². The van der Waals surface area contributed by atoms with Crippen molar-refractivity contribution in [3.63, 3.8) is 0 Å². The third-order valence-corrected chi connectivity index (χ3v) is 9.31. The number of hydrogen-bond acceptors (Lipinski definition) is 8. The number of carboxylic acid groups (broad SMARTS) is 1. The van der Waals surface area contributed by atoms with Gasteiger partial charge in [0.05, 0.1) is 8.89 Å². The monoisotopic (exact) mass is 508 g/mol. The first-order chi connectivity index (χ1) is 15.8. The van der Waals surface area contributed by atoms with Gasteiger partial charge < -0.3 is 15.7 Å². The molecule has 0 radical (unpaired) electrons. The highest BCUT2D eigenvalue weighted by Gasteiger charge is 2.26. The molecule has 0 unspecified atom stereocenters. The fourth-order valence-electron chi connectivity index (χ4n) is 3.70. The summed E-state index contributed by atoms with van der Waals surface area (Å²) in [5.41, 5.74) is 0. The molecule has 0 aliphatic carbocycles. The van der Waals surface area contributed by atoms with Crippen LogP contribution in [0.25, 0.3) is 9.40 Å². The molecule has 3 aromatic heterocycles. The van der Waals surface area contributed by atoms with E-state index >= 15 is 0 Å². The van der Waals surface area contributed by atoms with Crippen molar-refractivity contribution in [2.45, 2.75) is 30.2 Å². The molecule has 0 bridgehead atoms. The summed E-state index contributed by atoms with van der Waals surface area (Å²) in [4.78, 5) is 29.5. The number of thiophene rings is 2. The van der Waals surface area contributed by atoms with Gasteiger partial charge in [0, 0.05) is 29.2 Å². The number of sulfonamides is 1. The van der Waals surface area contributed by atoms with E-state index in [0.29, 0.717) is 10.8 Å². The van der Waals surface area contributed by atoms with Crippen molar-refractivity contribution in [1.82, 2.24) is 20.3 Å². The Morgan fingerprint density at radius 1 is 1.24 bits per heavy atom. The van der Waals surface area contributed by atoms with Gasteiger partial charge in [-0.2, -0.15) is 4.72 Å². The molecular formula is C21H24N4O5S3. The summed E-state index contributed by atoms with van der Waals surface area (Å²) in [6.07, 6.45) is 5.93. The van der Waals surface area contributed by atoms with E-state index in [4.69, 9.17) is 0 Å². The molecule has 1 saturated heterocycles. The van der Waals surface area contributed by atoms with Crippen LogP contribution in [0.5, 0.6) is 0 Å². The highest BCUT2D eigenvalue weighted by atomic mass is 32.2. The number of aromatic nitrogens is 1. The van der Waals surface area contributed by atoms with Gasteiger partial charge in [0.2, 0.25) is 10.0 Å². The first-order valence-corrected chi connectivity index (χ1v) is 13.6. The Balaban J connectivity index is 1.37. The number of nitrogens with one attached hydrogen (secondary N) is 3. The fraction of sp³-hybridized carbons (Fsp3) is 0.381. The highest BCUT2D eigenvalue weighted by Crippen LogP contribution is 2.35. The van der Waals surface area contributed by atoms with Crippen LogP contribution in [-0.4, -0.2) is 56.1 Å². The minimum absolute atomic E-state index is 0.152. The van der Waals surface area contributed by atoms with Crippen molar-refractivity contribution in [2.75, 3.05) is 19.6 Å². The van der Waals surface area contributed by atoms with Gasteiger partial charge in [-0.3, -0.25) is 14.6 Å². The van der Waals surface area contributed by atoms with Gasteiger partial charge in [-0.1, -0.05) is 0 Å². The van der Waals surface area contributed by atoms with Gasteiger partial charge in [0.1, 0.15) is 10.9 Å². The smallest absolute Gasteiger partial charge is 0.323 e. The number of pyridine rings is 1. The van der Waals surface area contributed by atoms with E-state index in [1.54, 1.807) is 17.4 Å². The molecular weight excluding hydrogens is 484 g/mol. The van der Waals surface area contributed by atoms with Crippen LogP contribution in [0.3, 0.4) is 0 Å². The van der Waals surface area contributed by atoms with Gasteiger partial charge in [-0.15, -0.1) is 22.7 Å². The summed E-state index contributed by atoms with van der Waals surface area (Å²) in [6, 6.07) is 5.15. The van der Waals surface area contributed by atoms with Crippen LogP contribution >= 0.6 is 22.7 Å². The largest absolute Gasteiger partial charge is 0.480 e. The first kappa shape index (κ1) is 23.8. The molecule has 0 aromatic carbocycles. The van der Waals surface area contributed by atoms with E-state index in [9.17, 15) is 23.1 Å². The quantitative estimate of drug-likeness (QED) is 0.347. The summed E-state index contributed by atoms with van der Waals surface area (Å²) >= 11 is 3.05. The Kier molecular flexibility index (Phi) is 7.39. The summed E-state index contributed by atoms with van der Waals surface area (Å²) < 4.78 is 27.9. The van der Waals surface area contributed by atoms with Crippen LogP contribution in [0.15, 0.2) is 41.6 Å². The number of piperidine rings is 1. The van der Waals surface area contributed by atoms with Crippen molar-refractivity contribution >= 4 is 54.0 Å². The topological polar surface area (TPSA) is 137 Å². The molecule has 9 nitrogen and oxygen atoms in total. The lowest BCUT2D eigenvalue weighted by atomic mass is 9.94. The predicted octanol–water partition coefficient (Wildman–Crippen LogP) is 2.06. The molecule has 0 saturated carbocycles. The third kappa shape index (κ3) is 5.95. The number of carbonyl (C=O) groups excluding carboxylic acids is 1. The average molecular weight is 509 g/mol. The number of hydrogen-bond donors (Lipinski definition) is 4. The molecule has 4 N–H and O–H groups in total. The Morgan fingerprint density at radius 3 is 2.70 bits per heavy atom. The van der Waals surface area contributed by atoms with Crippen molar-refractivity contribution in [3.05, 3.63) is 46.4 Å². The number of nitrogens with zero attached hydrogens (tertiary/aromatic N) is 1. The standard InChI is InChI=1S/C21H24N4O5S3/c26-19(24-12-17(20(27)28)25-33(29,30)16-2-1-5-23-11-16)18-10-14-9-15(31-21(14)32-18)8-13-3-6-22-7-4-13/h1-2,5,9-11,13,17,22,25H,3-4,6-8,12H2,(H,24,26)(H,27,28)/t17-/m0/s1. The number of aliphatic carboxylic acids is 1. The lowest BCUT2D eigenvalue weighted by Crippen LogP contribution is -2.48. The van der Waals surface area contributed by atoms with Crippen LogP contribution in [0.1, 0.15) is 27.4 Å². The van der Waals surface area contributed by atoms with E-state index in [1.165, 1.54) is 47.4 Å². The maximum atomic E-state index is 12.6. The van der Waals surface area contributed by atoms with E-state index in [1.807, 2.05) is 0 Å². The third-order valence-electron chi connectivity index (χ3n) is 5.44. The molecule has 1 fully saturated rings. The van der Waals surface area contributed by atoms with Crippen molar-refractivity contribution < 1.29 is 23.1 Å². The van der Waals surface area contributed by atoms with E-state index < -0.39 is 27.9 Å². The van der Waals surface area contributed by atoms with Crippen molar-refractivity contribution in [3.8, 4) is 0 Å². The Hall–Kier alpha value is -2.38. The molecule has 0 spiro atoms. The summed E-state index contributed by atoms with van der Waals surface area (Å²) in [7, 11) is -4.09. The molecule has 1 amide bonds. The lowest BCUT2D eigenvalue weighted by molar-refractivity contribution is -0.138. The molecule has 1 aliphatic rings. The maximum absolute atomic E-state index is 12.6. The normalized spacial score (nSPS) is 16.0. The Bertz CT molecular complexity index is 1200. The van der Waals surface area contributed by atoms with Crippen LogP contribution in [0.2, 0.25) is 0 Å². The second kappa shape index (κ2) is 10.3. The number of rotatable bonds is 9. The maximum Gasteiger partial charge on any atom is 0.323 e. The summed E-state index contributed by atoms with van der Waals surface area (Å²) in [6.45, 7) is 1.73. The summed E-state index contributed by atoms with van der Waals surface area (Å²) in [5, 5.41) is 16.3. The number of fused-ring (bicyclic) bond motifs is 1. The zero-order valence-electron chi connectivity index (χ0n) is 17.6. The molecule has 33 heavy (non-hydrogen) atoms. The van der Waals surface area contributed by atoms with Gasteiger partial charge in [0.15, 0.2) is 0 Å². The predicted molar refractivity (Wildman–Crippen MR) is 127 cm³/mol. The van der Waals surface area contributed by atoms with Gasteiger partial charge in [-0.05, 0) is 62.5 Å². The molecule has 12 heteroatoms. The van der Waals surface area contributed by atoms with Crippen molar-refractivity contribution in [1.29, 1.82) is 0 Å². The minimum atomic E-state index is -4.09. The minimum Gasteiger partial charge on any atom is -0.480 e. The fourth-order valence-corrected chi connectivity index (χ4v) is 7.37. The van der Waals surface area contributed by atoms with Crippen LogP contribution in [0, 0.1) is 5.92 Å². The van der Waals surface area contributed by atoms with Crippen LogP contribution in [0.4, 0.5) is 0 Å². The van der Waals surface area contributed by atoms with E-state index in [0.717, 1.165) is 35.1 Å². The molecule has 4 rings (SSSR count). The SMILES string of the molecule is O=C(NC[C@H](NS(=O)(=O)c1cccnc1)C(=O)O)c1cc2cc(CC3CCNCC3)sc2s1. The molecule has 3 aromatic rings. The van der Waals surface area contributed by atoms with Gasteiger partial charge in [-0.25, -0.2) is 8.42 Å². The highest BCUT2D eigenvalue weighted by molar-refractivity contribution is 7.89. The summed E-state index contributed by atoms with van der Waals surface area (Å²) in [5.74, 6) is -1.14. The van der Waals surface area contributed by atoms with Crippen LogP contribution in [-0.2, 0) is 21.2 Å². The van der Waals surface area contributed by atoms with Crippen molar-refractivity contribution in [2.24, 2.45) is 5.92 Å². The van der Waals surface area contributed by atoms with E-state index in [-0.39, 0.29) is 11.4 Å². The molecule has 4 heterocycles. The molecule has 1 atom stereocenters. The number of amides is 1. The average Bonchev–Trinajstić information content (AvgIpc) is 3.36. The number of carboxylic acids is 1. The second-order valence-electron chi connectivity index (χ2n) is 7.87. The zero-order chi connectivity index (χ0) is 23.4. The van der Waals surface area contributed by atoms with Crippen LogP contribution < -0.4 is 15.4 Å². The van der Waals surface area contributed by atoms with E-state index in [2.05, 4.69) is 26.4 Å². The molecule has 1 aliphatic heterocycles. The van der Waals surface area contributed by atoms with Gasteiger partial charge >= 0.3 is 5.97 Å². The Labute approximate surface area is 199 Å². The first-order valence-electron chi connectivity index (χ1n) is 10.5. The Morgan fingerprint density at radius 2 is 2.03 bits per heavy atom. The second-order valence-corrected chi connectivity index (χ2v) is 12.0. The number of carbonyl (C=O) groups is 2. The molecule has 176 valence electrons.